The Kier molecular flexibility index (Phi) is 5.22. The van der Waals surface area contributed by atoms with E-state index in [1.54, 1.807) is 0 Å². The number of ether oxygens (including phenoxy) is 1. The molecule has 2 unspecified atom stereocenters. The molecule has 1 saturated heterocycles. The van der Waals surface area contributed by atoms with Gasteiger partial charge in [0, 0.05) is 19.1 Å². The summed E-state index contributed by atoms with van der Waals surface area (Å²) in [6.45, 7) is 3.05. The predicted octanol–water partition coefficient (Wildman–Crippen LogP) is 2.31. The Hall–Kier alpha value is -1.13. The van der Waals surface area contributed by atoms with Crippen molar-refractivity contribution < 1.29 is 13.2 Å². The zero-order valence-electron chi connectivity index (χ0n) is 11.7. The predicted molar refractivity (Wildman–Crippen MR) is 79.5 cm³/mol. The molecule has 1 N–H and O–H groups in total. The highest BCUT2D eigenvalue weighted by Gasteiger charge is 2.28. The van der Waals surface area contributed by atoms with Crippen LogP contribution in [0.4, 0.5) is 0 Å². The van der Waals surface area contributed by atoms with Crippen molar-refractivity contribution in [2.75, 3.05) is 13.2 Å². The van der Waals surface area contributed by atoms with Crippen LogP contribution < -0.4 is 4.72 Å². The second-order valence-corrected chi connectivity index (χ2v) is 7.15. The summed E-state index contributed by atoms with van der Waals surface area (Å²) in [5, 5.41) is 8.94. The number of hydrogen-bond acceptors (Lipinski definition) is 4. The number of rotatable bonds is 5. The fraction of sp³-hybridized carbons (Fsp3) is 0.500. The molecule has 0 spiro atoms. The lowest BCUT2D eigenvalue weighted by Crippen LogP contribution is -2.32. The second kappa shape index (κ2) is 6.75. The van der Waals surface area contributed by atoms with Gasteiger partial charge in [-0.25, -0.2) is 13.1 Å². The molecule has 1 aliphatic heterocycles. The van der Waals surface area contributed by atoms with Crippen molar-refractivity contribution >= 4 is 21.6 Å². The molecule has 2 atom stereocenters. The SMILES string of the molecule is CCC1OCCC1CNS(=O)(=O)c1ccc(C#N)c(Cl)c1. The zero-order valence-corrected chi connectivity index (χ0v) is 13.2. The largest absolute Gasteiger partial charge is 0.378 e. The van der Waals surface area contributed by atoms with Crippen LogP contribution in [0.25, 0.3) is 0 Å². The van der Waals surface area contributed by atoms with E-state index in [1.807, 2.05) is 13.0 Å². The van der Waals surface area contributed by atoms with Gasteiger partial charge < -0.3 is 4.74 Å². The first-order valence-corrected chi connectivity index (χ1v) is 8.65. The highest BCUT2D eigenvalue weighted by atomic mass is 35.5. The maximum atomic E-state index is 12.2. The molecule has 0 aromatic heterocycles. The molecule has 0 saturated carbocycles. The van der Waals surface area contributed by atoms with Gasteiger partial charge >= 0.3 is 0 Å². The molecule has 0 radical (unpaired) electrons. The quantitative estimate of drug-likeness (QED) is 0.899. The first-order valence-electron chi connectivity index (χ1n) is 6.79. The van der Waals surface area contributed by atoms with Crippen molar-refractivity contribution in [3.63, 3.8) is 0 Å². The van der Waals surface area contributed by atoms with Gasteiger partial charge in [0.1, 0.15) is 6.07 Å². The van der Waals surface area contributed by atoms with Gasteiger partial charge in [-0.15, -0.1) is 0 Å². The minimum atomic E-state index is -3.63. The first kappa shape index (κ1) is 16.2. The Bertz CT molecular complexity index is 655. The summed E-state index contributed by atoms with van der Waals surface area (Å²) < 4.78 is 32.6. The highest BCUT2D eigenvalue weighted by molar-refractivity contribution is 7.89. The lowest BCUT2D eigenvalue weighted by atomic mass is 10.0. The van der Waals surface area contributed by atoms with E-state index in [0.717, 1.165) is 12.8 Å². The lowest BCUT2D eigenvalue weighted by molar-refractivity contribution is 0.0884. The van der Waals surface area contributed by atoms with Gasteiger partial charge in [0.05, 0.1) is 21.6 Å². The molecule has 7 heteroatoms. The second-order valence-electron chi connectivity index (χ2n) is 4.97. The molecule has 0 amide bonds. The number of benzene rings is 1. The summed E-state index contributed by atoms with van der Waals surface area (Å²) in [7, 11) is -3.63. The third-order valence-electron chi connectivity index (χ3n) is 3.66. The van der Waals surface area contributed by atoms with Gasteiger partial charge in [0.25, 0.3) is 0 Å². The van der Waals surface area contributed by atoms with Gasteiger partial charge in [-0.2, -0.15) is 5.26 Å². The van der Waals surface area contributed by atoms with Crippen LogP contribution in [0.1, 0.15) is 25.3 Å². The van der Waals surface area contributed by atoms with Crippen molar-refractivity contribution in [3.8, 4) is 6.07 Å². The number of halogens is 1. The van der Waals surface area contributed by atoms with Crippen LogP contribution in [0.3, 0.4) is 0 Å². The molecule has 0 bridgehead atoms. The van der Waals surface area contributed by atoms with E-state index >= 15 is 0 Å². The molecule has 114 valence electrons. The summed E-state index contributed by atoms with van der Waals surface area (Å²) in [5.74, 6) is 0.193. The van der Waals surface area contributed by atoms with Gasteiger partial charge in [-0.3, -0.25) is 0 Å². The topological polar surface area (TPSA) is 79.2 Å². The van der Waals surface area contributed by atoms with Crippen LogP contribution in [0.15, 0.2) is 23.1 Å². The van der Waals surface area contributed by atoms with Crippen molar-refractivity contribution in [2.45, 2.75) is 30.8 Å². The van der Waals surface area contributed by atoms with Crippen LogP contribution in [0.2, 0.25) is 5.02 Å². The van der Waals surface area contributed by atoms with E-state index in [9.17, 15) is 8.42 Å². The van der Waals surface area contributed by atoms with E-state index in [0.29, 0.717) is 13.2 Å². The van der Waals surface area contributed by atoms with Crippen LogP contribution in [0.5, 0.6) is 0 Å². The van der Waals surface area contributed by atoms with Crippen LogP contribution >= 0.6 is 11.6 Å². The molecular weight excluding hydrogens is 312 g/mol. The van der Waals surface area contributed by atoms with E-state index in [-0.39, 0.29) is 27.5 Å². The summed E-state index contributed by atoms with van der Waals surface area (Å²) in [4.78, 5) is 0.0680. The van der Waals surface area contributed by atoms with Gasteiger partial charge in [-0.1, -0.05) is 18.5 Å². The maximum Gasteiger partial charge on any atom is 0.240 e. The first-order chi connectivity index (χ1) is 9.97. The molecule has 5 nitrogen and oxygen atoms in total. The summed E-state index contributed by atoms with van der Waals surface area (Å²) in [5.41, 5.74) is 0.255. The maximum absolute atomic E-state index is 12.2. The van der Waals surface area contributed by atoms with Crippen LogP contribution in [-0.4, -0.2) is 27.7 Å². The lowest BCUT2D eigenvalue weighted by Gasteiger charge is -2.17. The minimum Gasteiger partial charge on any atom is -0.378 e. The van der Waals surface area contributed by atoms with Crippen molar-refractivity contribution in [1.29, 1.82) is 5.26 Å². The van der Waals surface area contributed by atoms with E-state index in [1.165, 1.54) is 18.2 Å². The smallest absolute Gasteiger partial charge is 0.240 e. The molecule has 0 aliphatic carbocycles. The molecule has 1 heterocycles. The molecular formula is C14H17ClN2O3S. The fourth-order valence-electron chi connectivity index (χ4n) is 2.43. The Morgan fingerprint density at radius 2 is 2.29 bits per heavy atom. The Balaban J connectivity index is 2.08. The average Bonchev–Trinajstić information content (AvgIpc) is 2.92. The molecule has 1 aliphatic rings. The van der Waals surface area contributed by atoms with E-state index in [4.69, 9.17) is 21.6 Å². The number of nitrogens with zero attached hydrogens (tertiary/aromatic N) is 1. The molecule has 1 fully saturated rings. The third-order valence-corrected chi connectivity index (χ3v) is 5.39. The Labute approximate surface area is 129 Å². The summed E-state index contributed by atoms with van der Waals surface area (Å²) >= 11 is 5.87. The standard InChI is InChI=1S/C14H17ClN2O3S/c1-2-14-11(5-6-20-14)9-17-21(18,19)12-4-3-10(8-16)13(15)7-12/h3-4,7,11,14,17H,2,5-6,9H2,1H3. The summed E-state index contributed by atoms with van der Waals surface area (Å²) in [6, 6.07) is 5.99. The fourth-order valence-corrected chi connectivity index (χ4v) is 3.84. The Morgan fingerprint density at radius 1 is 1.52 bits per heavy atom. The van der Waals surface area contributed by atoms with Crippen LogP contribution in [0, 0.1) is 17.2 Å². The molecule has 1 aromatic rings. The van der Waals surface area contributed by atoms with Gasteiger partial charge in [0.2, 0.25) is 10.0 Å². The van der Waals surface area contributed by atoms with Crippen molar-refractivity contribution in [1.82, 2.24) is 4.72 Å². The van der Waals surface area contributed by atoms with Gasteiger partial charge in [0.15, 0.2) is 0 Å². The minimum absolute atomic E-state index is 0.0680. The van der Waals surface area contributed by atoms with Crippen molar-refractivity contribution in [2.24, 2.45) is 5.92 Å². The highest BCUT2D eigenvalue weighted by Crippen LogP contribution is 2.24. The third kappa shape index (κ3) is 3.74. The van der Waals surface area contributed by atoms with E-state index in [2.05, 4.69) is 4.72 Å². The number of nitrogens with one attached hydrogen (secondary N) is 1. The number of sulfonamides is 1. The average molecular weight is 329 g/mol. The Morgan fingerprint density at radius 3 is 2.90 bits per heavy atom. The molecule has 1 aromatic carbocycles. The van der Waals surface area contributed by atoms with Crippen LogP contribution in [-0.2, 0) is 14.8 Å². The van der Waals surface area contributed by atoms with Gasteiger partial charge in [-0.05, 0) is 31.0 Å². The van der Waals surface area contributed by atoms with E-state index < -0.39 is 10.0 Å². The molecule has 2 rings (SSSR count). The summed E-state index contributed by atoms with van der Waals surface area (Å²) in [6.07, 6.45) is 1.83. The number of nitriles is 1. The number of hydrogen-bond donors (Lipinski definition) is 1. The molecule has 21 heavy (non-hydrogen) atoms. The normalized spacial score (nSPS) is 22.1. The zero-order chi connectivity index (χ0) is 15.5. The monoisotopic (exact) mass is 328 g/mol. The van der Waals surface area contributed by atoms with Crippen molar-refractivity contribution in [3.05, 3.63) is 28.8 Å².